The van der Waals surface area contributed by atoms with E-state index < -0.39 is 0 Å². The van der Waals surface area contributed by atoms with Gasteiger partial charge in [0.2, 0.25) is 0 Å². The van der Waals surface area contributed by atoms with Crippen LogP contribution in [-0.2, 0) is 5.88 Å². The van der Waals surface area contributed by atoms with Gasteiger partial charge < -0.3 is 9.72 Å². The molecule has 0 bridgehead atoms. The third kappa shape index (κ3) is 2.83. The van der Waals surface area contributed by atoms with Crippen molar-refractivity contribution in [2.24, 2.45) is 0 Å². The van der Waals surface area contributed by atoms with Crippen LogP contribution in [0.2, 0.25) is 0 Å². The van der Waals surface area contributed by atoms with Crippen LogP contribution in [0.25, 0.3) is 33.4 Å². The number of methoxy groups -OCH3 is 1. The molecule has 0 radical (unpaired) electrons. The van der Waals surface area contributed by atoms with Gasteiger partial charge in [0.1, 0.15) is 17.1 Å². The van der Waals surface area contributed by atoms with Crippen LogP contribution in [0.3, 0.4) is 0 Å². The van der Waals surface area contributed by atoms with Crippen LogP contribution in [0, 0.1) is 0 Å². The molecule has 0 saturated heterocycles. The van der Waals surface area contributed by atoms with Gasteiger partial charge in [-0.1, -0.05) is 18.2 Å². The quantitative estimate of drug-likeness (QED) is 0.553. The molecule has 0 amide bonds. The first-order valence-corrected chi connectivity index (χ1v) is 8.34. The van der Waals surface area contributed by atoms with Gasteiger partial charge >= 0.3 is 0 Å². The lowest BCUT2D eigenvalue weighted by molar-refractivity contribution is 0.415. The van der Waals surface area contributed by atoms with Gasteiger partial charge in [-0.3, -0.25) is 0 Å². The maximum Gasteiger partial charge on any atom is 0.166 e. The van der Waals surface area contributed by atoms with Crippen molar-refractivity contribution >= 4 is 22.5 Å². The number of halogens is 1. The highest BCUT2D eigenvalue weighted by Crippen LogP contribution is 2.34. The largest absolute Gasteiger partial charge is 0.497 e. The monoisotopic (exact) mass is 350 g/mol. The van der Waals surface area contributed by atoms with Crippen molar-refractivity contribution in [3.63, 3.8) is 0 Å². The number of hydrogen-bond donors (Lipinski definition) is 1. The molecule has 4 rings (SSSR count). The molecule has 2 aromatic carbocycles. The van der Waals surface area contributed by atoms with E-state index in [1.54, 1.807) is 7.11 Å². The number of ether oxygens (including phenoxy) is 1. The molecule has 0 spiro atoms. The summed E-state index contributed by atoms with van der Waals surface area (Å²) in [5, 5.41) is 9.60. The Balaban J connectivity index is 1.93. The lowest BCUT2D eigenvalue weighted by Gasteiger charge is -2.09. The van der Waals surface area contributed by atoms with E-state index in [-0.39, 0.29) is 5.88 Å². The summed E-state index contributed by atoms with van der Waals surface area (Å²) in [5.41, 5.74) is 4.41. The van der Waals surface area contributed by atoms with Crippen LogP contribution in [-0.4, -0.2) is 27.3 Å². The molecule has 1 N–H and O–H groups in total. The second kappa shape index (κ2) is 6.53. The molecule has 0 saturated carbocycles. The minimum Gasteiger partial charge on any atom is -0.497 e. The lowest BCUT2D eigenvalue weighted by atomic mass is 10.0. The number of para-hydroxylation sites is 1. The van der Waals surface area contributed by atoms with Crippen molar-refractivity contribution in [1.82, 2.24) is 20.2 Å². The normalized spacial score (nSPS) is 11.0. The predicted octanol–water partition coefficient (Wildman–Crippen LogP) is 4.43. The van der Waals surface area contributed by atoms with Crippen LogP contribution in [0.4, 0.5) is 0 Å². The first kappa shape index (κ1) is 15.6. The molecule has 0 aliphatic carbocycles. The predicted molar refractivity (Wildman–Crippen MR) is 98.7 cm³/mol. The molecular weight excluding hydrogens is 336 g/mol. The molecule has 2 heterocycles. The molecule has 0 aliphatic heterocycles. The van der Waals surface area contributed by atoms with Gasteiger partial charge in [-0.15, -0.1) is 21.8 Å². The van der Waals surface area contributed by atoms with Crippen LogP contribution < -0.4 is 4.74 Å². The standard InChI is InChI=1S/C19H15ClN4O/c1-25-13-8-6-12(7-9-13)18-19(22-17(10-20)23-24-18)15-11-21-16-5-3-2-4-14(15)16/h2-9,11,21H,10H2,1H3. The number of aromatic nitrogens is 4. The van der Waals surface area contributed by atoms with Crippen LogP contribution >= 0.6 is 11.6 Å². The van der Waals surface area contributed by atoms with Gasteiger partial charge in [-0.25, -0.2) is 4.98 Å². The van der Waals surface area contributed by atoms with Gasteiger partial charge in [0.25, 0.3) is 0 Å². The summed E-state index contributed by atoms with van der Waals surface area (Å²) in [6.45, 7) is 0. The van der Waals surface area contributed by atoms with Crippen molar-refractivity contribution in [1.29, 1.82) is 0 Å². The Bertz CT molecular complexity index is 1030. The van der Waals surface area contributed by atoms with Gasteiger partial charge in [-0.05, 0) is 30.3 Å². The Morgan fingerprint density at radius 3 is 2.56 bits per heavy atom. The molecule has 25 heavy (non-hydrogen) atoms. The molecule has 6 heteroatoms. The molecular formula is C19H15ClN4O. The third-order valence-corrected chi connectivity index (χ3v) is 4.30. The zero-order valence-electron chi connectivity index (χ0n) is 13.5. The summed E-state index contributed by atoms with van der Waals surface area (Å²) in [6.07, 6.45) is 1.94. The zero-order valence-corrected chi connectivity index (χ0v) is 14.3. The van der Waals surface area contributed by atoms with E-state index in [1.165, 1.54) is 0 Å². The summed E-state index contributed by atoms with van der Waals surface area (Å²) in [5.74, 6) is 1.50. The number of H-pyrrole nitrogens is 1. The molecule has 0 unspecified atom stereocenters. The summed E-state index contributed by atoms with van der Waals surface area (Å²) in [4.78, 5) is 7.93. The van der Waals surface area contributed by atoms with E-state index in [0.717, 1.165) is 33.5 Å². The first-order chi connectivity index (χ1) is 12.3. The van der Waals surface area contributed by atoms with Crippen LogP contribution in [0.1, 0.15) is 5.82 Å². The van der Waals surface area contributed by atoms with Crippen molar-refractivity contribution in [2.45, 2.75) is 5.88 Å². The SMILES string of the molecule is COc1ccc(-c2nnc(CCl)nc2-c2c[nH]c3ccccc23)cc1. The van der Waals surface area contributed by atoms with E-state index in [0.29, 0.717) is 11.5 Å². The fourth-order valence-corrected chi connectivity index (χ4v) is 2.93. The number of nitrogens with one attached hydrogen (secondary N) is 1. The Labute approximate surface area is 149 Å². The molecule has 0 atom stereocenters. The highest BCUT2D eigenvalue weighted by Gasteiger charge is 2.16. The molecule has 2 aromatic heterocycles. The van der Waals surface area contributed by atoms with Crippen LogP contribution in [0.15, 0.2) is 54.7 Å². The van der Waals surface area contributed by atoms with Crippen molar-refractivity contribution < 1.29 is 4.74 Å². The Morgan fingerprint density at radius 1 is 1.00 bits per heavy atom. The van der Waals surface area contributed by atoms with E-state index in [4.69, 9.17) is 16.3 Å². The number of fused-ring (bicyclic) bond motifs is 1. The lowest BCUT2D eigenvalue weighted by Crippen LogP contribution is -2.01. The van der Waals surface area contributed by atoms with E-state index in [9.17, 15) is 0 Å². The van der Waals surface area contributed by atoms with Gasteiger partial charge in [0.15, 0.2) is 5.82 Å². The zero-order chi connectivity index (χ0) is 17.2. The number of benzene rings is 2. The molecule has 0 aliphatic rings. The topological polar surface area (TPSA) is 63.7 Å². The summed E-state index contributed by atoms with van der Waals surface area (Å²) < 4.78 is 5.23. The average molecular weight is 351 g/mol. The fraction of sp³-hybridized carbons (Fsp3) is 0.105. The van der Waals surface area contributed by atoms with Crippen LogP contribution in [0.5, 0.6) is 5.75 Å². The second-order valence-corrected chi connectivity index (χ2v) is 5.80. The first-order valence-electron chi connectivity index (χ1n) is 7.80. The van der Waals surface area contributed by atoms with E-state index in [2.05, 4.69) is 26.2 Å². The van der Waals surface area contributed by atoms with Gasteiger partial charge in [0.05, 0.1) is 13.0 Å². The molecule has 4 aromatic rings. The van der Waals surface area contributed by atoms with E-state index in [1.807, 2.05) is 48.7 Å². The fourth-order valence-electron chi connectivity index (χ4n) is 2.81. The molecule has 124 valence electrons. The Kier molecular flexibility index (Phi) is 4.07. The summed E-state index contributed by atoms with van der Waals surface area (Å²) in [7, 11) is 1.64. The highest BCUT2D eigenvalue weighted by molar-refractivity contribution is 6.16. The maximum absolute atomic E-state index is 5.93. The van der Waals surface area contributed by atoms with E-state index >= 15 is 0 Å². The summed E-state index contributed by atoms with van der Waals surface area (Å²) >= 11 is 5.93. The average Bonchev–Trinajstić information content (AvgIpc) is 3.11. The van der Waals surface area contributed by atoms with Gasteiger partial charge in [-0.2, -0.15) is 0 Å². The minimum absolute atomic E-state index is 0.214. The third-order valence-electron chi connectivity index (χ3n) is 4.06. The maximum atomic E-state index is 5.93. The number of hydrogen-bond acceptors (Lipinski definition) is 4. The molecule has 0 fully saturated rings. The minimum atomic E-state index is 0.214. The second-order valence-electron chi connectivity index (χ2n) is 5.54. The van der Waals surface area contributed by atoms with Crippen molar-refractivity contribution in [3.8, 4) is 28.3 Å². The van der Waals surface area contributed by atoms with Gasteiger partial charge in [0, 0.05) is 28.2 Å². The highest BCUT2D eigenvalue weighted by atomic mass is 35.5. The van der Waals surface area contributed by atoms with Crippen molar-refractivity contribution in [2.75, 3.05) is 7.11 Å². The summed E-state index contributed by atoms with van der Waals surface area (Å²) in [6, 6.07) is 15.8. The van der Waals surface area contributed by atoms with Crippen molar-refractivity contribution in [3.05, 3.63) is 60.6 Å². The number of aromatic amines is 1. The Hall–Kier alpha value is -2.92. The number of nitrogens with zero attached hydrogens (tertiary/aromatic N) is 3. The molecule has 5 nitrogen and oxygen atoms in total. The number of rotatable bonds is 4. The smallest absolute Gasteiger partial charge is 0.166 e. The number of alkyl halides is 1. The Morgan fingerprint density at radius 2 is 1.80 bits per heavy atom.